The number of benzene rings is 3. The Hall–Kier alpha value is -4.17. The minimum Gasteiger partial charge on any atom is -0.497 e. The second-order valence-electron chi connectivity index (χ2n) is 6.43. The molecule has 0 aliphatic rings. The Balaban J connectivity index is 1.61. The topological polar surface area (TPSA) is 109 Å². The predicted octanol–water partition coefficient (Wildman–Crippen LogP) is 3.69. The molecule has 0 aromatic heterocycles. The zero-order chi connectivity index (χ0) is 22.9. The number of rotatable bonds is 6. The number of anilines is 2. The molecule has 0 heterocycles. The summed E-state index contributed by atoms with van der Waals surface area (Å²) < 4.78 is 5.06. The number of hydrazone groups is 1. The lowest BCUT2D eigenvalue weighted by Gasteiger charge is -2.11. The van der Waals surface area contributed by atoms with E-state index < -0.39 is 17.7 Å². The molecule has 0 unspecified atom stereocenters. The van der Waals surface area contributed by atoms with E-state index in [1.807, 2.05) is 0 Å². The van der Waals surface area contributed by atoms with Crippen molar-refractivity contribution in [1.82, 2.24) is 5.43 Å². The number of hydrogen-bond donors (Lipinski definition) is 3. The van der Waals surface area contributed by atoms with Gasteiger partial charge in [-0.3, -0.25) is 14.4 Å². The van der Waals surface area contributed by atoms with Crippen molar-refractivity contribution in [2.45, 2.75) is 0 Å². The largest absolute Gasteiger partial charge is 0.497 e. The molecule has 0 saturated carbocycles. The van der Waals surface area contributed by atoms with Gasteiger partial charge in [-0.05, 0) is 66.2 Å². The molecule has 8 nitrogen and oxygen atoms in total. The Morgan fingerprint density at radius 3 is 2.25 bits per heavy atom. The van der Waals surface area contributed by atoms with E-state index in [9.17, 15) is 14.4 Å². The second kappa shape index (κ2) is 10.7. The molecule has 32 heavy (non-hydrogen) atoms. The van der Waals surface area contributed by atoms with Crippen molar-refractivity contribution in [3.63, 3.8) is 0 Å². The molecule has 0 spiro atoms. The first kappa shape index (κ1) is 22.5. The van der Waals surface area contributed by atoms with Crippen molar-refractivity contribution in [2.24, 2.45) is 5.10 Å². The number of methoxy groups -OCH3 is 1. The Labute approximate surface area is 189 Å². The Morgan fingerprint density at radius 2 is 1.56 bits per heavy atom. The zero-order valence-electron chi connectivity index (χ0n) is 17.0. The predicted molar refractivity (Wildman–Crippen MR) is 123 cm³/mol. The van der Waals surface area contributed by atoms with Crippen LogP contribution in [-0.2, 0) is 9.59 Å². The van der Waals surface area contributed by atoms with Crippen LogP contribution in [0.1, 0.15) is 15.9 Å². The molecule has 0 saturated heterocycles. The van der Waals surface area contributed by atoms with Crippen LogP contribution in [0, 0.1) is 0 Å². The molecule has 3 aromatic carbocycles. The van der Waals surface area contributed by atoms with Gasteiger partial charge in [-0.15, -0.1) is 0 Å². The van der Waals surface area contributed by atoms with Gasteiger partial charge in [0.2, 0.25) is 0 Å². The van der Waals surface area contributed by atoms with Crippen LogP contribution in [0.3, 0.4) is 0 Å². The lowest BCUT2D eigenvalue weighted by atomic mass is 10.1. The van der Waals surface area contributed by atoms with Crippen LogP contribution in [0.2, 0.25) is 5.02 Å². The van der Waals surface area contributed by atoms with Gasteiger partial charge in [0.05, 0.1) is 24.6 Å². The summed E-state index contributed by atoms with van der Waals surface area (Å²) in [5.74, 6) is -1.73. The van der Waals surface area contributed by atoms with Crippen LogP contribution in [0.4, 0.5) is 11.4 Å². The van der Waals surface area contributed by atoms with Gasteiger partial charge in [-0.2, -0.15) is 5.10 Å². The lowest BCUT2D eigenvalue weighted by Crippen LogP contribution is -2.33. The number of para-hydroxylation sites is 1. The molecule has 3 N–H and O–H groups in total. The third-order valence-electron chi connectivity index (χ3n) is 4.22. The number of carbonyl (C=O) groups excluding carboxylic acids is 3. The summed E-state index contributed by atoms with van der Waals surface area (Å²) in [4.78, 5) is 36.9. The van der Waals surface area contributed by atoms with Crippen LogP contribution >= 0.6 is 11.6 Å². The van der Waals surface area contributed by atoms with Crippen LogP contribution in [0.5, 0.6) is 5.75 Å². The molecule has 3 amide bonds. The standard InChI is InChI=1S/C23H19ClN4O4/c1-32-18-12-6-15(7-13-18)14-25-28-23(31)22(30)27-20-5-3-2-4-19(20)21(29)26-17-10-8-16(24)9-11-17/h2-14H,1H3,(H,26,29)(H,27,30)(H,28,31)/b25-14+. The number of nitrogens with one attached hydrogen (secondary N) is 3. The Bertz CT molecular complexity index is 1150. The SMILES string of the molecule is COc1ccc(/C=N/NC(=O)C(=O)Nc2ccccc2C(=O)Nc2ccc(Cl)cc2)cc1. The first-order valence-electron chi connectivity index (χ1n) is 9.40. The molecule has 0 bridgehead atoms. The molecule has 162 valence electrons. The van der Waals surface area contributed by atoms with E-state index in [1.54, 1.807) is 67.8 Å². The normalized spacial score (nSPS) is 10.4. The summed E-state index contributed by atoms with van der Waals surface area (Å²) in [5, 5.41) is 9.44. The number of halogens is 1. The molecule has 3 aromatic rings. The molecular formula is C23H19ClN4O4. The summed E-state index contributed by atoms with van der Waals surface area (Å²) in [5.41, 5.74) is 3.75. The van der Waals surface area contributed by atoms with E-state index in [4.69, 9.17) is 16.3 Å². The molecule has 0 atom stereocenters. The molecule has 9 heteroatoms. The highest BCUT2D eigenvalue weighted by atomic mass is 35.5. The van der Waals surface area contributed by atoms with E-state index in [-0.39, 0.29) is 11.3 Å². The maximum atomic E-state index is 12.6. The van der Waals surface area contributed by atoms with Gasteiger partial charge in [0.15, 0.2) is 0 Å². The highest BCUT2D eigenvalue weighted by Gasteiger charge is 2.17. The van der Waals surface area contributed by atoms with Gasteiger partial charge in [0, 0.05) is 10.7 Å². The fourth-order valence-corrected chi connectivity index (χ4v) is 2.73. The van der Waals surface area contributed by atoms with Gasteiger partial charge in [0.1, 0.15) is 5.75 Å². The molecule has 0 fully saturated rings. The monoisotopic (exact) mass is 450 g/mol. The van der Waals surface area contributed by atoms with Crippen LogP contribution in [0.25, 0.3) is 0 Å². The van der Waals surface area contributed by atoms with E-state index in [1.165, 1.54) is 18.3 Å². The van der Waals surface area contributed by atoms with Gasteiger partial charge < -0.3 is 15.4 Å². The Morgan fingerprint density at radius 1 is 0.875 bits per heavy atom. The molecule has 0 aliphatic heterocycles. The van der Waals surface area contributed by atoms with Gasteiger partial charge in [-0.25, -0.2) is 5.43 Å². The molecule has 3 rings (SSSR count). The Kier molecular flexibility index (Phi) is 7.55. The first-order valence-corrected chi connectivity index (χ1v) is 9.78. The number of ether oxygens (including phenoxy) is 1. The van der Waals surface area contributed by atoms with Crippen molar-refractivity contribution in [1.29, 1.82) is 0 Å². The minimum absolute atomic E-state index is 0.179. The van der Waals surface area contributed by atoms with Gasteiger partial charge >= 0.3 is 11.8 Å². The average molecular weight is 451 g/mol. The fraction of sp³-hybridized carbons (Fsp3) is 0.0435. The van der Waals surface area contributed by atoms with E-state index >= 15 is 0 Å². The minimum atomic E-state index is -0.984. The molecule has 0 aliphatic carbocycles. The zero-order valence-corrected chi connectivity index (χ0v) is 17.7. The van der Waals surface area contributed by atoms with E-state index in [0.717, 1.165) is 0 Å². The maximum absolute atomic E-state index is 12.6. The van der Waals surface area contributed by atoms with Crippen molar-refractivity contribution in [3.8, 4) is 5.75 Å². The van der Waals surface area contributed by atoms with Gasteiger partial charge in [0.25, 0.3) is 5.91 Å². The molecular weight excluding hydrogens is 432 g/mol. The summed E-state index contributed by atoms with van der Waals surface area (Å²) in [6, 6.07) is 19.9. The maximum Gasteiger partial charge on any atom is 0.329 e. The number of hydrogen-bond acceptors (Lipinski definition) is 5. The second-order valence-corrected chi connectivity index (χ2v) is 6.87. The van der Waals surface area contributed by atoms with Crippen molar-refractivity contribution in [3.05, 3.63) is 88.9 Å². The number of nitrogens with zero attached hydrogens (tertiary/aromatic N) is 1. The van der Waals surface area contributed by atoms with Crippen LogP contribution < -0.4 is 20.8 Å². The number of amides is 3. The third-order valence-corrected chi connectivity index (χ3v) is 4.48. The summed E-state index contributed by atoms with van der Waals surface area (Å²) >= 11 is 5.85. The highest BCUT2D eigenvalue weighted by Crippen LogP contribution is 2.19. The first-order chi connectivity index (χ1) is 15.5. The average Bonchev–Trinajstić information content (AvgIpc) is 2.81. The quantitative estimate of drug-likeness (QED) is 0.302. The summed E-state index contributed by atoms with van der Waals surface area (Å²) in [6.45, 7) is 0. The van der Waals surface area contributed by atoms with Gasteiger partial charge in [-0.1, -0.05) is 23.7 Å². The van der Waals surface area contributed by atoms with Crippen molar-refractivity contribution < 1.29 is 19.1 Å². The third kappa shape index (κ3) is 6.16. The lowest BCUT2D eigenvalue weighted by molar-refractivity contribution is -0.136. The highest BCUT2D eigenvalue weighted by molar-refractivity contribution is 6.40. The van der Waals surface area contributed by atoms with E-state index in [0.29, 0.717) is 22.0 Å². The smallest absolute Gasteiger partial charge is 0.329 e. The van der Waals surface area contributed by atoms with Crippen molar-refractivity contribution in [2.75, 3.05) is 17.7 Å². The number of carbonyl (C=O) groups is 3. The fourth-order valence-electron chi connectivity index (χ4n) is 2.61. The summed E-state index contributed by atoms with van der Waals surface area (Å²) in [6.07, 6.45) is 1.39. The van der Waals surface area contributed by atoms with Crippen LogP contribution in [0.15, 0.2) is 77.9 Å². The summed E-state index contributed by atoms with van der Waals surface area (Å²) in [7, 11) is 1.56. The van der Waals surface area contributed by atoms with E-state index in [2.05, 4.69) is 21.2 Å². The van der Waals surface area contributed by atoms with Crippen molar-refractivity contribution >= 4 is 46.9 Å². The molecule has 0 radical (unpaired) electrons. The van der Waals surface area contributed by atoms with Crippen LogP contribution in [-0.4, -0.2) is 31.0 Å².